The summed E-state index contributed by atoms with van der Waals surface area (Å²) in [5.74, 6) is 3.86. The van der Waals surface area contributed by atoms with Gasteiger partial charge in [-0.15, -0.1) is 0 Å². The molecule has 142 valence electrons. The van der Waals surface area contributed by atoms with Crippen molar-refractivity contribution in [1.82, 2.24) is 5.32 Å². The highest BCUT2D eigenvalue weighted by Gasteiger charge is 2.60. The number of aliphatic hydroxyl groups is 1. The second kappa shape index (κ2) is 6.34. The molecule has 2 N–H and O–H groups in total. The monoisotopic (exact) mass is 347 g/mol. The smallest absolute Gasteiger partial charge is 0.150 e. The van der Waals surface area contributed by atoms with Gasteiger partial charge >= 0.3 is 0 Å². The van der Waals surface area contributed by atoms with Crippen molar-refractivity contribution in [2.45, 2.75) is 77.7 Å². The number of likely N-dealkylation sites (N-methyl/N-ethyl adjacent to an activating group) is 1. The third kappa shape index (κ3) is 2.64. The van der Waals surface area contributed by atoms with Crippen molar-refractivity contribution in [2.75, 3.05) is 13.6 Å². The van der Waals surface area contributed by atoms with Gasteiger partial charge in [0, 0.05) is 5.92 Å². The van der Waals surface area contributed by atoms with Gasteiger partial charge in [0.05, 0.1) is 12.6 Å². The van der Waals surface area contributed by atoms with Crippen molar-refractivity contribution in [3.8, 4) is 0 Å². The fourth-order valence-electron chi connectivity index (χ4n) is 8.06. The molecule has 0 bridgehead atoms. The molecule has 4 aliphatic carbocycles. The van der Waals surface area contributed by atoms with Crippen molar-refractivity contribution in [3.63, 3.8) is 0 Å². The van der Waals surface area contributed by atoms with Gasteiger partial charge in [0.1, 0.15) is 5.78 Å². The van der Waals surface area contributed by atoms with Gasteiger partial charge < -0.3 is 10.4 Å². The van der Waals surface area contributed by atoms with Gasteiger partial charge in [0.25, 0.3) is 0 Å². The van der Waals surface area contributed by atoms with Crippen molar-refractivity contribution < 1.29 is 9.90 Å². The Balaban J connectivity index is 1.57. The molecule has 4 saturated carbocycles. The van der Waals surface area contributed by atoms with E-state index < -0.39 is 0 Å². The van der Waals surface area contributed by atoms with Crippen LogP contribution in [0, 0.1) is 40.4 Å². The van der Waals surface area contributed by atoms with Crippen LogP contribution in [0.25, 0.3) is 0 Å². The minimum Gasteiger partial charge on any atom is -0.393 e. The second-order valence-electron chi connectivity index (χ2n) is 10.3. The van der Waals surface area contributed by atoms with E-state index >= 15 is 0 Å². The predicted molar refractivity (Wildman–Crippen MR) is 100 cm³/mol. The van der Waals surface area contributed by atoms with Gasteiger partial charge in [0.15, 0.2) is 0 Å². The van der Waals surface area contributed by atoms with Crippen LogP contribution in [0.2, 0.25) is 0 Å². The number of fused-ring (bicyclic) bond motifs is 5. The number of nitrogens with one attached hydrogen (secondary N) is 1. The van der Waals surface area contributed by atoms with Crippen LogP contribution in [0.5, 0.6) is 0 Å². The molecule has 0 amide bonds. The largest absolute Gasteiger partial charge is 0.393 e. The van der Waals surface area contributed by atoms with Crippen LogP contribution in [-0.2, 0) is 4.79 Å². The van der Waals surface area contributed by atoms with Crippen LogP contribution in [0.3, 0.4) is 0 Å². The number of Topliss-reactive ketones (excluding diaryl/α,β-unsaturated/α-hetero) is 1. The Labute approximate surface area is 153 Å². The molecule has 4 rings (SSSR count). The molecule has 0 aliphatic heterocycles. The lowest BCUT2D eigenvalue weighted by Crippen LogP contribution is -2.54. The molecule has 4 fully saturated rings. The van der Waals surface area contributed by atoms with E-state index in [2.05, 4.69) is 19.2 Å². The third-order valence-corrected chi connectivity index (χ3v) is 9.38. The van der Waals surface area contributed by atoms with E-state index in [1.54, 1.807) is 0 Å². The number of rotatable bonds is 3. The van der Waals surface area contributed by atoms with E-state index in [-0.39, 0.29) is 17.4 Å². The number of ketones is 1. The molecular formula is C22H37NO2. The number of aliphatic hydroxyl groups excluding tert-OH is 1. The summed E-state index contributed by atoms with van der Waals surface area (Å²) in [4.78, 5) is 12.7. The fourth-order valence-corrected chi connectivity index (χ4v) is 8.06. The Morgan fingerprint density at radius 3 is 2.48 bits per heavy atom. The van der Waals surface area contributed by atoms with Gasteiger partial charge in [-0.3, -0.25) is 4.79 Å². The predicted octanol–water partition coefficient (Wildman–Crippen LogP) is 3.79. The topological polar surface area (TPSA) is 49.3 Å². The summed E-state index contributed by atoms with van der Waals surface area (Å²) in [7, 11) is 1.89. The Kier molecular flexibility index (Phi) is 4.56. The van der Waals surface area contributed by atoms with E-state index in [0.717, 1.165) is 42.9 Å². The van der Waals surface area contributed by atoms with E-state index in [4.69, 9.17) is 0 Å². The maximum absolute atomic E-state index is 12.7. The maximum atomic E-state index is 12.7. The van der Waals surface area contributed by atoms with Crippen LogP contribution in [0.15, 0.2) is 0 Å². The molecule has 0 radical (unpaired) electrons. The van der Waals surface area contributed by atoms with E-state index in [9.17, 15) is 9.90 Å². The average Bonchev–Trinajstić information content (AvgIpc) is 2.93. The lowest BCUT2D eigenvalue weighted by atomic mass is 9.44. The lowest BCUT2D eigenvalue weighted by Gasteiger charge is -2.60. The molecule has 3 heteroatoms. The minimum absolute atomic E-state index is 0.0569. The Morgan fingerprint density at radius 1 is 1.00 bits per heavy atom. The first-order valence-electron chi connectivity index (χ1n) is 10.8. The number of hydrogen-bond donors (Lipinski definition) is 2. The fraction of sp³-hybridized carbons (Fsp3) is 0.955. The average molecular weight is 348 g/mol. The van der Waals surface area contributed by atoms with Gasteiger partial charge in [0.2, 0.25) is 0 Å². The molecule has 0 aromatic carbocycles. The zero-order valence-corrected chi connectivity index (χ0v) is 16.4. The van der Waals surface area contributed by atoms with E-state index in [1.807, 2.05) is 7.05 Å². The van der Waals surface area contributed by atoms with Gasteiger partial charge in [-0.25, -0.2) is 0 Å². The quantitative estimate of drug-likeness (QED) is 0.816. The lowest BCUT2D eigenvalue weighted by molar-refractivity contribution is -0.139. The van der Waals surface area contributed by atoms with Crippen LogP contribution >= 0.6 is 0 Å². The molecular weight excluding hydrogens is 310 g/mol. The normalized spacial score (nSPS) is 52.2. The molecule has 25 heavy (non-hydrogen) atoms. The SMILES string of the molecule is CNCC(=O)[C@H]1CC[C@H]2[C@@H]3CCC4CC(O)CC[C@]4(C)[C@H]3CC[C@]12C. The maximum Gasteiger partial charge on any atom is 0.150 e. The Morgan fingerprint density at radius 2 is 1.72 bits per heavy atom. The zero-order valence-electron chi connectivity index (χ0n) is 16.4. The Hall–Kier alpha value is -0.410. The number of carbonyl (C=O) groups is 1. The Bertz CT molecular complexity index is 534. The van der Waals surface area contributed by atoms with Crippen molar-refractivity contribution >= 4 is 5.78 Å². The second-order valence-corrected chi connectivity index (χ2v) is 10.3. The molecule has 8 atom stereocenters. The molecule has 4 aliphatic rings. The highest BCUT2D eigenvalue weighted by Crippen LogP contribution is 2.67. The molecule has 0 saturated heterocycles. The zero-order chi connectivity index (χ0) is 17.8. The molecule has 3 nitrogen and oxygen atoms in total. The first-order chi connectivity index (χ1) is 11.9. The molecule has 2 unspecified atom stereocenters. The van der Waals surface area contributed by atoms with Crippen LogP contribution in [0.4, 0.5) is 0 Å². The summed E-state index contributed by atoms with van der Waals surface area (Å²) in [5, 5.41) is 13.2. The third-order valence-electron chi connectivity index (χ3n) is 9.38. The highest BCUT2D eigenvalue weighted by atomic mass is 16.3. The van der Waals surface area contributed by atoms with E-state index in [0.29, 0.717) is 17.7 Å². The van der Waals surface area contributed by atoms with Crippen LogP contribution in [0.1, 0.15) is 71.6 Å². The van der Waals surface area contributed by atoms with Gasteiger partial charge in [-0.1, -0.05) is 13.8 Å². The highest BCUT2D eigenvalue weighted by molar-refractivity contribution is 5.84. The van der Waals surface area contributed by atoms with Crippen LogP contribution in [-0.4, -0.2) is 30.6 Å². The standard InChI is InChI=1S/C22H37NO2/c1-21-10-8-15(24)12-14(21)4-5-16-17-6-7-19(20(25)13-23-3)22(17,2)11-9-18(16)21/h14-19,23-24H,4-13H2,1-3H3/t14?,15?,16-,17-,18-,19+,21-,22-/m0/s1. The first kappa shape index (κ1) is 18.0. The van der Waals surface area contributed by atoms with Crippen molar-refractivity contribution in [1.29, 1.82) is 0 Å². The first-order valence-corrected chi connectivity index (χ1v) is 10.8. The molecule has 0 aromatic heterocycles. The summed E-state index contributed by atoms with van der Waals surface area (Å²) in [6.07, 6.45) is 10.8. The summed E-state index contributed by atoms with van der Waals surface area (Å²) >= 11 is 0. The molecule has 0 heterocycles. The number of carbonyl (C=O) groups excluding carboxylic acids is 1. The van der Waals surface area contributed by atoms with Crippen molar-refractivity contribution in [2.24, 2.45) is 40.4 Å². The molecule has 0 aromatic rings. The van der Waals surface area contributed by atoms with E-state index in [1.165, 1.54) is 38.5 Å². The summed E-state index contributed by atoms with van der Waals surface area (Å²) in [6.45, 7) is 5.53. The van der Waals surface area contributed by atoms with Gasteiger partial charge in [-0.05, 0) is 99.3 Å². The summed E-state index contributed by atoms with van der Waals surface area (Å²) in [6, 6.07) is 0. The molecule has 0 spiro atoms. The van der Waals surface area contributed by atoms with Gasteiger partial charge in [-0.2, -0.15) is 0 Å². The van der Waals surface area contributed by atoms with Crippen LogP contribution < -0.4 is 5.32 Å². The summed E-state index contributed by atoms with van der Waals surface area (Å²) < 4.78 is 0. The summed E-state index contributed by atoms with van der Waals surface area (Å²) in [5.41, 5.74) is 0.684. The minimum atomic E-state index is -0.0569. The van der Waals surface area contributed by atoms with Crippen molar-refractivity contribution in [3.05, 3.63) is 0 Å². The number of hydrogen-bond acceptors (Lipinski definition) is 3.